The first-order valence-corrected chi connectivity index (χ1v) is 4.58. The fraction of sp³-hybridized carbons (Fsp3) is 0.800. The second-order valence-corrected chi connectivity index (χ2v) is 3.31. The van der Waals surface area contributed by atoms with Crippen molar-refractivity contribution < 1.29 is 9.47 Å². The van der Waals surface area contributed by atoms with Crippen LogP contribution in [0.3, 0.4) is 0 Å². The Labute approximate surface area is 86.1 Å². The van der Waals surface area contributed by atoms with Gasteiger partial charge in [0.1, 0.15) is 0 Å². The van der Waals surface area contributed by atoms with Crippen LogP contribution in [0.5, 0.6) is 0 Å². The van der Waals surface area contributed by atoms with Crippen molar-refractivity contribution in [3.8, 4) is 12.3 Å². The van der Waals surface area contributed by atoms with Crippen molar-refractivity contribution in [1.82, 2.24) is 5.32 Å². The lowest BCUT2D eigenvalue weighted by Crippen LogP contribution is -2.58. The third kappa shape index (κ3) is 3.64. The van der Waals surface area contributed by atoms with Crippen LogP contribution < -0.4 is 11.1 Å². The molecule has 4 heteroatoms. The van der Waals surface area contributed by atoms with E-state index in [9.17, 15) is 0 Å². The minimum Gasteiger partial charge on any atom is -0.354 e. The lowest BCUT2D eigenvalue weighted by atomic mass is 10.0. The third-order valence-electron chi connectivity index (χ3n) is 2.17. The summed E-state index contributed by atoms with van der Waals surface area (Å²) in [7, 11) is 3.18. The summed E-state index contributed by atoms with van der Waals surface area (Å²) in [6.45, 7) is 3.07. The molecule has 14 heavy (non-hydrogen) atoms. The molecule has 0 aromatic rings. The molecule has 0 amide bonds. The Morgan fingerprint density at radius 3 is 2.43 bits per heavy atom. The molecule has 4 nitrogen and oxygen atoms in total. The van der Waals surface area contributed by atoms with Gasteiger partial charge in [-0.05, 0) is 6.92 Å². The average Bonchev–Trinajstić information content (AvgIpc) is 2.20. The molecule has 0 aromatic carbocycles. The molecular weight excluding hydrogens is 180 g/mol. The quantitative estimate of drug-likeness (QED) is 0.343. The molecule has 0 bridgehead atoms. The van der Waals surface area contributed by atoms with E-state index in [-0.39, 0.29) is 6.29 Å². The summed E-state index contributed by atoms with van der Waals surface area (Å²) in [6.07, 6.45) is 5.45. The monoisotopic (exact) mass is 200 g/mol. The van der Waals surface area contributed by atoms with Crippen LogP contribution in [-0.2, 0) is 9.47 Å². The van der Waals surface area contributed by atoms with Crippen molar-refractivity contribution in [2.75, 3.05) is 27.3 Å². The number of nitrogens with two attached hydrogens (primary N) is 1. The highest BCUT2D eigenvalue weighted by atomic mass is 16.7. The van der Waals surface area contributed by atoms with E-state index in [0.29, 0.717) is 19.5 Å². The highest BCUT2D eigenvalue weighted by molar-refractivity contribution is 4.91. The fourth-order valence-electron chi connectivity index (χ4n) is 1.29. The topological polar surface area (TPSA) is 56.5 Å². The summed E-state index contributed by atoms with van der Waals surface area (Å²) in [6, 6.07) is 0. The van der Waals surface area contributed by atoms with Crippen molar-refractivity contribution in [3.63, 3.8) is 0 Å². The van der Waals surface area contributed by atoms with E-state index in [1.807, 2.05) is 6.92 Å². The van der Waals surface area contributed by atoms with E-state index in [2.05, 4.69) is 11.2 Å². The van der Waals surface area contributed by atoms with Crippen LogP contribution in [0.15, 0.2) is 0 Å². The van der Waals surface area contributed by atoms with E-state index < -0.39 is 5.54 Å². The van der Waals surface area contributed by atoms with Gasteiger partial charge in [0.15, 0.2) is 6.29 Å². The van der Waals surface area contributed by atoms with Crippen molar-refractivity contribution in [3.05, 3.63) is 0 Å². The van der Waals surface area contributed by atoms with Crippen LogP contribution in [0.4, 0.5) is 0 Å². The maximum atomic E-state index is 5.67. The largest absolute Gasteiger partial charge is 0.354 e. The molecule has 0 saturated heterocycles. The maximum absolute atomic E-state index is 5.67. The number of nitrogens with one attached hydrogen (secondary N) is 1. The summed E-state index contributed by atoms with van der Waals surface area (Å²) < 4.78 is 10.3. The second kappa shape index (κ2) is 6.80. The zero-order valence-corrected chi connectivity index (χ0v) is 9.17. The Kier molecular flexibility index (Phi) is 6.50. The van der Waals surface area contributed by atoms with Gasteiger partial charge >= 0.3 is 0 Å². The van der Waals surface area contributed by atoms with Gasteiger partial charge in [0, 0.05) is 33.7 Å². The molecular formula is C10H20N2O2. The summed E-state index contributed by atoms with van der Waals surface area (Å²) in [4.78, 5) is 0. The van der Waals surface area contributed by atoms with Gasteiger partial charge in [-0.25, -0.2) is 0 Å². The summed E-state index contributed by atoms with van der Waals surface area (Å²) in [5, 5.41) is 3.23. The molecule has 0 rings (SSSR count). The van der Waals surface area contributed by atoms with Crippen LogP contribution >= 0.6 is 0 Å². The van der Waals surface area contributed by atoms with Crippen molar-refractivity contribution in [2.24, 2.45) is 5.73 Å². The molecule has 0 saturated carbocycles. The highest BCUT2D eigenvalue weighted by Gasteiger charge is 2.32. The zero-order valence-electron chi connectivity index (χ0n) is 9.17. The molecule has 0 aliphatic heterocycles. The number of hydrogen-bond donors (Lipinski definition) is 2. The molecule has 0 aliphatic carbocycles. The molecule has 0 fully saturated rings. The third-order valence-corrected chi connectivity index (χ3v) is 2.17. The molecule has 0 spiro atoms. The van der Waals surface area contributed by atoms with E-state index in [1.165, 1.54) is 0 Å². The molecule has 3 N–H and O–H groups in total. The van der Waals surface area contributed by atoms with Gasteiger partial charge < -0.3 is 20.5 Å². The average molecular weight is 200 g/mol. The van der Waals surface area contributed by atoms with Gasteiger partial charge in [-0.2, -0.15) is 0 Å². The van der Waals surface area contributed by atoms with Crippen molar-refractivity contribution >= 4 is 0 Å². The fourth-order valence-corrected chi connectivity index (χ4v) is 1.29. The first-order valence-electron chi connectivity index (χ1n) is 4.58. The molecule has 1 unspecified atom stereocenters. The maximum Gasteiger partial charge on any atom is 0.175 e. The van der Waals surface area contributed by atoms with Gasteiger partial charge in [-0.1, -0.05) is 0 Å². The Morgan fingerprint density at radius 2 is 2.07 bits per heavy atom. The van der Waals surface area contributed by atoms with E-state index in [4.69, 9.17) is 21.6 Å². The van der Waals surface area contributed by atoms with Gasteiger partial charge in [0.25, 0.3) is 0 Å². The Morgan fingerprint density at radius 1 is 1.50 bits per heavy atom. The minimum atomic E-state index is -0.402. The highest BCUT2D eigenvalue weighted by Crippen LogP contribution is 2.12. The standard InChI is InChI=1S/C10H20N2O2/c1-5-6-7-12-10(2,8-11)9(13-3)14-4/h1,9,12H,6-8,11H2,2-4H3. The first-order chi connectivity index (χ1) is 6.64. The van der Waals surface area contributed by atoms with Gasteiger partial charge in [0.05, 0.1) is 5.54 Å². The summed E-state index contributed by atoms with van der Waals surface area (Å²) in [5.74, 6) is 2.55. The van der Waals surface area contributed by atoms with Gasteiger partial charge in [-0.15, -0.1) is 12.3 Å². The molecule has 0 aliphatic rings. The number of hydrogen-bond acceptors (Lipinski definition) is 4. The van der Waals surface area contributed by atoms with Crippen LogP contribution in [0.2, 0.25) is 0 Å². The van der Waals surface area contributed by atoms with E-state index in [0.717, 1.165) is 0 Å². The lowest BCUT2D eigenvalue weighted by molar-refractivity contribution is -0.148. The van der Waals surface area contributed by atoms with E-state index >= 15 is 0 Å². The van der Waals surface area contributed by atoms with E-state index in [1.54, 1.807) is 14.2 Å². The Balaban J connectivity index is 4.22. The first kappa shape index (κ1) is 13.4. The Hall–Kier alpha value is -0.600. The van der Waals surface area contributed by atoms with Crippen LogP contribution in [-0.4, -0.2) is 39.1 Å². The number of methoxy groups -OCH3 is 2. The van der Waals surface area contributed by atoms with Gasteiger partial charge in [-0.3, -0.25) is 0 Å². The van der Waals surface area contributed by atoms with Crippen LogP contribution in [0.1, 0.15) is 13.3 Å². The smallest absolute Gasteiger partial charge is 0.175 e. The molecule has 0 radical (unpaired) electrons. The van der Waals surface area contributed by atoms with Crippen LogP contribution in [0.25, 0.3) is 0 Å². The molecule has 1 atom stereocenters. The molecule has 0 heterocycles. The lowest BCUT2D eigenvalue weighted by Gasteiger charge is -2.35. The predicted molar refractivity (Wildman–Crippen MR) is 56.7 cm³/mol. The SMILES string of the molecule is C#CCCNC(C)(CN)C(OC)OC. The molecule has 82 valence electrons. The van der Waals surface area contributed by atoms with Crippen molar-refractivity contribution in [1.29, 1.82) is 0 Å². The predicted octanol–water partition coefficient (Wildman–Crippen LogP) is -0.0644. The Bertz CT molecular complexity index is 187. The van der Waals surface area contributed by atoms with Gasteiger partial charge in [0.2, 0.25) is 0 Å². The number of ether oxygens (including phenoxy) is 2. The number of rotatable bonds is 7. The summed E-state index contributed by atoms with van der Waals surface area (Å²) >= 11 is 0. The summed E-state index contributed by atoms with van der Waals surface area (Å²) in [5.41, 5.74) is 5.26. The van der Waals surface area contributed by atoms with Crippen molar-refractivity contribution in [2.45, 2.75) is 25.2 Å². The zero-order chi connectivity index (χ0) is 11.0. The normalized spacial score (nSPS) is 15.1. The molecule has 0 aromatic heterocycles. The van der Waals surface area contributed by atoms with Crippen LogP contribution in [0, 0.1) is 12.3 Å². The second-order valence-electron chi connectivity index (χ2n) is 3.31. The minimum absolute atomic E-state index is 0.370. The number of terminal acetylenes is 1.